The number of piperidine rings is 1. The third kappa shape index (κ3) is 2.26. The maximum Gasteiger partial charge on any atom is 0.346 e. The number of carbonyl (C=O) groups excluding carboxylic acids is 1. The molecule has 5 nitrogen and oxygen atoms in total. The van der Waals surface area contributed by atoms with Crippen LogP contribution < -0.4 is 5.32 Å². The monoisotopic (exact) mass is 280 g/mol. The molecule has 2 atom stereocenters. The summed E-state index contributed by atoms with van der Waals surface area (Å²) in [5.41, 5.74) is 0.859. The summed E-state index contributed by atoms with van der Waals surface area (Å²) in [7, 11) is 0. The molecule has 1 aromatic heterocycles. The van der Waals surface area contributed by atoms with E-state index >= 15 is 0 Å². The van der Waals surface area contributed by atoms with Crippen molar-refractivity contribution in [1.82, 2.24) is 10.2 Å². The molecule has 0 spiro atoms. The minimum absolute atomic E-state index is 0.0839. The Bertz CT molecular complexity index is 514. The highest BCUT2D eigenvalue weighted by Crippen LogP contribution is 2.29. The van der Waals surface area contributed by atoms with Crippen LogP contribution in [-0.2, 0) is 11.3 Å². The number of carboxylic acid groups (broad SMARTS) is 1. The molecule has 2 fully saturated rings. The molecular weight excluding hydrogens is 264 g/mol. The lowest BCUT2D eigenvalue weighted by atomic mass is 9.91. The molecule has 19 heavy (non-hydrogen) atoms. The summed E-state index contributed by atoms with van der Waals surface area (Å²) in [6, 6.07) is 2.10. The Kier molecular flexibility index (Phi) is 3.28. The largest absolute Gasteiger partial charge is 0.477 e. The minimum atomic E-state index is -0.862. The van der Waals surface area contributed by atoms with Gasteiger partial charge in [0, 0.05) is 19.1 Å². The van der Waals surface area contributed by atoms with Crippen LogP contribution in [0.5, 0.6) is 0 Å². The molecule has 2 N–H and O–H groups in total. The smallest absolute Gasteiger partial charge is 0.346 e. The quantitative estimate of drug-likeness (QED) is 0.871. The van der Waals surface area contributed by atoms with Crippen LogP contribution in [-0.4, -0.2) is 41.0 Å². The normalized spacial score (nSPS) is 27.1. The van der Waals surface area contributed by atoms with Crippen LogP contribution in [0.1, 0.15) is 28.1 Å². The predicted octanol–water partition coefficient (Wildman–Crippen LogP) is 1.16. The van der Waals surface area contributed by atoms with Crippen LogP contribution in [0.2, 0.25) is 0 Å². The number of amides is 1. The highest BCUT2D eigenvalue weighted by molar-refractivity contribution is 7.12. The lowest BCUT2D eigenvalue weighted by molar-refractivity contribution is -0.124. The molecule has 0 bridgehead atoms. The number of nitrogens with zero attached hydrogens (tertiary/aromatic N) is 1. The topological polar surface area (TPSA) is 69.6 Å². The fraction of sp³-hybridized carbons (Fsp3) is 0.538. The molecule has 1 amide bonds. The first-order chi connectivity index (χ1) is 9.16. The average molecular weight is 280 g/mol. The number of hydrogen-bond acceptors (Lipinski definition) is 4. The summed E-state index contributed by atoms with van der Waals surface area (Å²) in [6.45, 7) is 2.25. The Balaban J connectivity index is 1.77. The Labute approximate surface area is 115 Å². The number of rotatable bonds is 3. The van der Waals surface area contributed by atoms with Crippen LogP contribution in [0, 0.1) is 5.92 Å². The van der Waals surface area contributed by atoms with Crippen molar-refractivity contribution in [1.29, 1.82) is 0 Å². The first-order valence-electron chi connectivity index (χ1n) is 6.48. The number of nitrogens with one attached hydrogen (secondary N) is 1. The number of carbonyl (C=O) groups is 2. The van der Waals surface area contributed by atoms with Crippen molar-refractivity contribution in [2.75, 3.05) is 13.1 Å². The van der Waals surface area contributed by atoms with Crippen LogP contribution >= 0.6 is 11.3 Å². The van der Waals surface area contributed by atoms with Gasteiger partial charge in [-0.2, -0.15) is 0 Å². The van der Waals surface area contributed by atoms with Crippen LogP contribution in [0.15, 0.2) is 11.4 Å². The third-order valence-electron chi connectivity index (χ3n) is 4.03. The second kappa shape index (κ2) is 4.94. The molecule has 2 saturated heterocycles. The van der Waals surface area contributed by atoms with Gasteiger partial charge in [0.15, 0.2) is 0 Å². The van der Waals surface area contributed by atoms with Gasteiger partial charge in [0.2, 0.25) is 5.91 Å². The SMILES string of the molecule is O=C(O)c1sccc1CN1CCCC2C(=O)NCC21. The van der Waals surface area contributed by atoms with Gasteiger partial charge in [-0.1, -0.05) is 0 Å². The van der Waals surface area contributed by atoms with Crippen molar-refractivity contribution < 1.29 is 14.7 Å². The Hall–Kier alpha value is -1.40. The van der Waals surface area contributed by atoms with E-state index < -0.39 is 5.97 Å². The van der Waals surface area contributed by atoms with Gasteiger partial charge in [0.25, 0.3) is 0 Å². The van der Waals surface area contributed by atoms with Gasteiger partial charge in [0.05, 0.1) is 5.92 Å². The molecule has 6 heteroatoms. The molecule has 0 radical (unpaired) electrons. The maximum atomic E-state index is 11.7. The molecule has 2 aliphatic rings. The van der Waals surface area contributed by atoms with E-state index in [1.807, 2.05) is 11.4 Å². The summed E-state index contributed by atoms with van der Waals surface area (Å²) >= 11 is 1.26. The fourth-order valence-corrected chi connectivity index (χ4v) is 3.86. The first-order valence-corrected chi connectivity index (χ1v) is 7.36. The van der Waals surface area contributed by atoms with Gasteiger partial charge in [-0.3, -0.25) is 9.69 Å². The molecule has 2 aliphatic heterocycles. The van der Waals surface area contributed by atoms with Crippen molar-refractivity contribution in [2.24, 2.45) is 5.92 Å². The van der Waals surface area contributed by atoms with Crippen molar-refractivity contribution in [3.05, 3.63) is 21.9 Å². The minimum Gasteiger partial charge on any atom is -0.477 e. The second-order valence-electron chi connectivity index (χ2n) is 5.11. The number of aromatic carboxylic acids is 1. The molecule has 0 aromatic carbocycles. The van der Waals surface area contributed by atoms with E-state index in [0.29, 0.717) is 18.0 Å². The molecule has 3 heterocycles. The van der Waals surface area contributed by atoms with E-state index in [0.717, 1.165) is 24.9 Å². The first kappa shape index (κ1) is 12.6. The van der Waals surface area contributed by atoms with Crippen molar-refractivity contribution in [3.8, 4) is 0 Å². The van der Waals surface area contributed by atoms with Gasteiger partial charge in [-0.15, -0.1) is 11.3 Å². The summed E-state index contributed by atoms with van der Waals surface area (Å²) in [4.78, 5) is 25.5. The fourth-order valence-electron chi connectivity index (χ4n) is 3.10. The Morgan fingerprint density at radius 1 is 1.58 bits per heavy atom. The summed E-state index contributed by atoms with van der Waals surface area (Å²) in [5.74, 6) is -0.627. The third-order valence-corrected chi connectivity index (χ3v) is 4.98. The standard InChI is InChI=1S/C13H16N2O3S/c16-12-9-2-1-4-15(10(9)6-14-12)7-8-3-5-19-11(8)13(17)18/h3,5,9-10H,1-2,4,6-7H2,(H,14,16)(H,17,18). The Morgan fingerprint density at radius 3 is 3.21 bits per heavy atom. The van der Waals surface area contributed by atoms with Crippen LogP contribution in [0.3, 0.4) is 0 Å². The van der Waals surface area contributed by atoms with E-state index in [4.69, 9.17) is 5.11 Å². The van der Waals surface area contributed by atoms with E-state index in [1.165, 1.54) is 11.3 Å². The average Bonchev–Trinajstić information content (AvgIpc) is 2.98. The lowest BCUT2D eigenvalue weighted by Gasteiger charge is -2.35. The summed E-state index contributed by atoms with van der Waals surface area (Å²) in [5, 5.41) is 13.9. The van der Waals surface area contributed by atoms with E-state index in [-0.39, 0.29) is 17.9 Å². The molecule has 0 aliphatic carbocycles. The van der Waals surface area contributed by atoms with Crippen LogP contribution in [0.25, 0.3) is 0 Å². The highest BCUT2D eigenvalue weighted by atomic mass is 32.1. The molecule has 1 aromatic rings. The zero-order valence-corrected chi connectivity index (χ0v) is 11.3. The number of carboxylic acids is 1. The number of hydrogen-bond donors (Lipinski definition) is 2. The van der Waals surface area contributed by atoms with Crippen LogP contribution in [0.4, 0.5) is 0 Å². The number of fused-ring (bicyclic) bond motifs is 1. The van der Waals surface area contributed by atoms with E-state index in [9.17, 15) is 9.59 Å². The van der Waals surface area contributed by atoms with E-state index in [2.05, 4.69) is 10.2 Å². The van der Waals surface area contributed by atoms with Crippen molar-refractivity contribution in [3.63, 3.8) is 0 Å². The summed E-state index contributed by atoms with van der Waals surface area (Å²) in [6.07, 6.45) is 1.95. The van der Waals surface area contributed by atoms with Crippen molar-refractivity contribution >= 4 is 23.2 Å². The second-order valence-corrected chi connectivity index (χ2v) is 6.03. The van der Waals surface area contributed by atoms with E-state index in [1.54, 1.807) is 0 Å². The predicted molar refractivity (Wildman–Crippen MR) is 71.2 cm³/mol. The Morgan fingerprint density at radius 2 is 2.42 bits per heavy atom. The van der Waals surface area contributed by atoms with Gasteiger partial charge < -0.3 is 10.4 Å². The molecule has 3 rings (SSSR count). The molecule has 0 saturated carbocycles. The highest BCUT2D eigenvalue weighted by Gasteiger charge is 2.40. The van der Waals surface area contributed by atoms with Crippen molar-refractivity contribution in [2.45, 2.75) is 25.4 Å². The van der Waals surface area contributed by atoms with Gasteiger partial charge in [-0.05, 0) is 36.4 Å². The number of likely N-dealkylation sites (tertiary alicyclic amines) is 1. The molecular formula is C13H16N2O3S. The summed E-state index contributed by atoms with van der Waals surface area (Å²) < 4.78 is 0. The molecule has 102 valence electrons. The van der Waals surface area contributed by atoms with Gasteiger partial charge >= 0.3 is 5.97 Å². The number of thiophene rings is 1. The van der Waals surface area contributed by atoms with Gasteiger partial charge in [-0.25, -0.2) is 4.79 Å². The maximum absolute atomic E-state index is 11.7. The zero-order valence-electron chi connectivity index (χ0n) is 10.5. The van der Waals surface area contributed by atoms with Gasteiger partial charge in [0.1, 0.15) is 4.88 Å². The zero-order chi connectivity index (χ0) is 13.4. The lowest BCUT2D eigenvalue weighted by Crippen LogP contribution is -2.45. The molecule has 2 unspecified atom stereocenters.